The fraction of sp³-hybridized carbons (Fsp3) is 0.308. The minimum atomic E-state index is -0.487. The molecule has 2 rings (SSSR count). The molecule has 1 heterocycles. The predicted octanol–water partition coefficient (Wildman–Crippen LogP) is 1.60. The van der Waals surface area contributed by atoms with Crippen molar-refractivity contribution in [2.45, 2.75) is 19.5 Å². The van der Waals surface area contributed by atoms with Gasteiger partial charge in [0.25, 0.3) is 0 Å². The summed E-state index contributed by atoms with van der Waals surface area (Å²) in [5.74, 6) is 5.62. The zero-order chi connectivity index (χ0) is 13.8. The van der Waals surface area contributed by atoms with Crippen molar-refractivity contribution >= 4 is 0 Å². The summed E-state index contributed by atoms with van der Waals surface area (Å²) in [7, 11) is 1.50. The minimum Gasteiger partial charge on any atom is -0.497 e. The van der Waals surface area contributed by atoms with E-state index in [4.69, 9.17) is 10.6 Å². The van der Waals surface area contributed by atoms with Crippen molar-refractivity contribution in [3.05, 3.63) is 47.8 Å². The van der Waals surface area contributed by atoms with Crippen molar-refractivity contribution in [2.24, 2.45) is 5.84 Å². The van der Waals surface area contributed by atoms with Gasteiger partial charge in [0, 0.05) is 24.4 Å². The van der Waals surface area contributed by atoms with Crippen molar-refractivity contribution in [3.63, 3.8) is 0 Å². The molecular weight excluding hydrogens is 247 g/mol. The van der Waals surface area contributed by atoms with E-state index in [0.29, 0.717) is 17.0 Å². The maximum atomic E-state index is 14.0. The Bertz CT molecular complexity index is 555. The normalized spacial score (nSPS) is 12.4. The summed E-state index contributed by atoms with van der Waals surface area (Å²) in [4.78, 5) is 4.24. The Kier molecular flexibility index (Phi) is 4.13. The van der Waals surface area contributed by atoms with E-state index in [2.05, 4.69) is 10.4 Å². The summed E-state index contributed by atoms with van der Waals surface area (Å²) in [6, 6.07) is 4.18. The molecule has 19 heavy (non-hydrogen) atoms. The predicted molar refractivity (Wildman–Crippen MR) is 70.0 cm³/mol. The second kappa shape index (κ2) is 5.81. The van der Waals surface area contributed by atoms with Crippen LogP contribution in [0.3, 0.4) is 0 Å². The zero-order valence-corrected chi connectivity index (χ0v) is 10.9. The van der Waals surface area contributed by atoms with E-state index < -0.39 is 6.04 Å². The number of nitrogens with zero attached hydrogens (tertiary/aromatic N) is 2. The first-order valence-corrected chi connectivity index (χ1v) is 6.00. The summed E-state index contributed by atoms with van der Waals surface area (Å²) >= 11 is 0. The van der Waals surface area contributed by atoms with Gasteiger partial charge in [0.05, 0.1) is 25.2 Å². The lowest BCUT2D eigenvalue weighted by molar-refractivity contribution is 0.410. The molecule has 1 unspecified atom stereocenters. The number of halogens is 1. The number of hydrogen-bond acceptors (Lipinski definition) is 4. The number of methoxy groups -OCH3 is 1. The van der Waals surface area contributed by atoms with Gasteiger partial charge in [-0.3, -0.25) is 5.84 Å². The molecule has 5 nitrogen and oxygen atoms in total. The third kappa shape index (κ3) is 2.74. The maximum absolute atomic E-state index is 14.0. The van der Waals surface area contributed by atoms with Gasteiger partial charge in [-0.15, -0.1) is 0 Å². The molecule has 0 spiro atoms. The first kappa shape index (κ1) is 13.5. The van der Waals surface area contributed by atoms with E-state index >= 15 is 0 Å². The van der Waals surface area contributed by atoms with Crippen LogP contribution in [0.1, 0.15) is 24.2 Å². The first-order valence-electron chi connectivity index (χ1n) is 6.00. The van der Waals surface area contributed by atoms with Gasteiger partial charge in [-0.2, -0.15) is 0 Å². The third-order valence-electron chi connectivity index (χ3n) is 3.00. The second-order valence-corrected chi connectivity index (χ2v) is 4.12. The van der Waals surface area contributed by atoms with E-state index in [0.717, 1.165) is 6.54 Å². The molecule has 1 atom stereocenters. The molecule has 2 aromatic rings. The number of aromatic nitrogens is 2. The molecule has 0 radical (unpaired) electrons. The highest BCUT2D eigenvalue weighted by Crippen LogP contribution is 2.25. The lowest BCUT2D eigenvalue weighted by Gasteiger charge is -2.15. The number of ether oxygens (including phenoxy) is 1. The summed E-state index contributed by atoms with van der Waals surface area (Å²) in [6.07, 6.45) is 3.54. The lowest BCUT2D eigenvalue weighted by Crippen LogP contribution is -2.29. The molecule has 0 bridgehead atoms. The van der Waals surface area contributed by atoms with Crippen LogP contribution in [0.4, 0.5) is 4.39 Å². The molecule has 1 aromatic heterocycles. The van der Waals surface area contributed by atoms with Crippen LogP contribution in [0, 0.1) is 5.82 Å². The van der Waals surface area contributed by atoms with E-state index in [9.17, 15) is 4.39 Å². The Morgan fingerprint density at radius 2 is 2.32 bits per heavy atom. The zero-order valence-electron chi connectivity index (χ0n) is 10.9. The van der Waals surface area contributed by atoms with E-state index in [-0.39, 0.29) is 5.82 Å². The number of benzene rings is 1. The van der Waals surface area contributed by atoms with Gasteiger partial charge in [-0.1, -0.05) is 6.07 Å². The Balaban J connectivity index is 2.36. The molecule has 0 saturated heterocycles. The van der Waals surface area contributed by atoms with Gasteiger partial charge in [-0.05, 0) is 13.0 Å². The van der Waals surface area contributed by atoms with Crippen molar-refractivity contribution in [3.8, 4) is 5.75 Å². The highest BCUT2D eigenvalue weighted by molar-refractivity contribution is 5.34. The smallest absolute Gasteiger partial charge is 0.132 e. The van der Waals surface area contributed by atoms with Crippen molar-refractivity contribution in [1.82, 2.24) is 15.0 Å². The SMILES string of the molecule is CCn1cnc(C(NN)c2ccc(OC)cc2F)c1. The van der Waals surface area contributed by atoms with Crippen LogP contribution in [0.15, 0.2) is 30.7 Å². The van der Waals surface area contributed by atoms with Gasteiger partial charge in [0.15, 0.2) is 0 Å². The van der Waals surface area contributed by atoms with Crippen molar-refractivity contribution in [1.29, 1.82) is 0 Å². The van der Waals surface area contributed by atoms with Crippen LogP contribution >= 0.6 is 0 Å². The van der Waals surface area contributed by atoms with Crippen LogP contribution < -0.4 is 16.0 Å². The number of aryl methyl sites for hydroxylation is 1. The van der Waals surface area contributed by atoms with Gasteiger partial charge in [0.2, 0.25) is 0 Å². The van der Waals surface area contributed by atoms with Crippen LogP contribution in [-0.2, 0) is 6.54 Å². The van der Waals surface area contributed by atoms with E-state index in [1.54, 1.807) is 18.5 Å². The molecule has 0 aliphatic heterocycles. The Hall–Kier alpha value is -1.92. The molecule has 0 saturated carbocycles. The summed E-state index contributed by atoms with van der Waals surface area (Å²) in [5.41, 5.74) is 3.70. The molecule has 3 N–H and O–H groups in total. The molecule has 0 amide bonds. The Morgan fingerprint density at radius 3 is 2.84 bits per heavy atom. The molecule has 0 fully saturated rings. The molecular formula is C13H17FN4O. The summed E-state index contributed by atoms with van der Waals surface area (Å²) < 4.78 is 20.9. The van der Waals surface area contributed by atoms with Gasteiger partial charge in [0.1, 0.15) is 11.6 Å². The molecule has 1 aromatic carbocycles. The lowest BCUT2D eigenvalue weighted by atomic mass is 10.0. The number of hydrazine groups is 1. The van der Waals surface area contributed by atoms with Gasteiger partial charge < -0.3 is 9.30 Å². The highest BCUT2D eigenvalue weighted by atomic mass is 19.1. The number of imidazole rings is 1. The van der Waals surface area contributed by atoms with Crippen molar-refractivity contribution in [2.75, 3.05) is 7.11 Å². The van der Waals surface area contributed by atoms with Crippen LogP contribution in [0.2, 0.25) is 0 Å². The standard InChI is InChI=1S/C13H17FN4O/c1-3-18-7-12(16-8-18)13(17-15)10-5-4-9(19-2)6-11(10)14/h4-8,13,17H,3,15H2,1-2H3. The minimum absolute atomic E-state index is 0.381. The Morgan fingerprint density at radius 1 is 1.53 bits per heavy atom. The molecule has 6 heteroatoms. The number of nitrogens with two attached hydrogens (primary N) is 1. The van der Waals surface area contributed by atoms with E-state index in [1.165, 1.54) is 13.2 Å². The topological polar surface area (TPSA) is 65.1 Å². The first-order chi connectivity index (χ1) is 9.19. The number of nitrogens with one attached hydrogen (secondary N) is 1. The number of hydrogen-bond donors (Lipinski definition) is 2. The van der Waals surface area contributed by atoms with E-state index in [1.807, 2.05) is 17.7 Å². The monoisotopic (exact) mass is 264 g/mol. The average molecular weight is 264 g/mol. The third-order valence-corrected chi connectivity index (χ3v) is 3.00. The van der Waals surface area contributed by atoms with Crippen LogP contribution in [0.5, 0.6) is 5.75 Å². The second-order valence-electron chi connectivity index (χ2n) is 4.12. The molecule has 0 aliphatic carbocycles. The Labute approximate surface area is 111 Å². The highest BCUT2D eigenvalue weighted by Gasteiger charge is 2.19. The quantitative estimate of drug-likeness (QED) is 0.636. The van der Waals surface area contributed by atoms with Gasteiger partial charge in [-0.25, -0.2) is 14.8 Å². The van der Waals surface area contributed by atoms with Gasteiger partial charge >= 0.3 is 0 Å². The number of rotatable bonds is 5. The van der Waals surface area contributed by atoms with Crippen LogP contribution in [0.25, 0.3) is 0 Å². The fourth-order valence-electron chi connectivity index (χ4n) is 1.90. The maximum Gasteiger partial charge on any atom is 0.132 e. The average Bonchev–Trinajstić information content (AvgIpc) is 2.90. The molecule has 102 valence electrons. The largest absolute Gasteiger partial charge is 0.497 e. The molecule has 0 aliphatic rings. The fourth-order valence-corrected chi connectivity index (χ4v) is 1.90. The van der Waals surface area contributed by atoms with Crippen molar-refractivity contribution < 1.29 is 9.13 Å². The summed E-state index contributed by atoms with van der Waals surface area (Å²) in [6.45, 7) is 2.81. The van der Waals surface area contributed by atoms with Crippen LogP contribution in [-0.4, -0.2) is 16.7 Å². The summed E-state index contributed by atoms with van der Waals surface area (Å²) in [5, 5.41) is 0.